The molecule has 1 saturated carbocycles. The van der Waals surface area contributed by atoms with Crippen molar-refractivity contribution in [1.82, 2.24) is 15.5 Å². The third-order valence-electron chi connectivity index (χ3n) is 5.96. The molecule has 1 saturated heterocycles. The van der Waals surface area contributed by atoms with Gasteiger partial charge in [-0.1, -0.05) is 48.5 Å². The molecule has 1 aliphatic carbocycles. The van der Waals surface area contributed by atoms with Crippen LogP contribution in [-0.4, -0.2) is 46.9 Å². The average molecular weight is 484 g/mol. The first-order valence-corrected chi connectivity index (χ1v) is 11.5. The average Bonchev–Trinajstić information content (AvgIpc) is 2.95. The number of amides is 4. The van der Waals surface area contributed by atoms with Crippen LogP contribution in [0.3, 0.4) is 0 Å². The molecule has 2 aliphatic rings. The minimum Gasteiger partial charge on any atom is -0.452 e. The van der Waals surface area contributed by atoms with E-state index >= 15 is 0 Å². The van der Waals surface area contributed by atoms with Gasteiger partial charge in [0.2, 0.25) is 0 Å². The van der Waals surface area contributed by atoms with E-state index in [0.29, 0.717) is 28.5 Å². The highest BCUT2D eigenvalue weighted by Crippen LogP contribution is 2.33. The Hall–Kier alpha value is -2.32. The molecule has 2 N–H and O–H groups in total. The number of nitrogens with zero attached hydrogens (tertiary/aromatic N) is 1. The van der Waals surface area contributed by atoms with Gasteiger partial charge in [0.25, 0.3) is 11.8 Å². The van der Waals surface area contributed by atoms with E-state index in [1.165, 1.54) is 6.92 Å². The van der Waals surface area contributed by atoms with E-state index in [1.807, 2.05) is 0 Å². The summed E-state index contributed by atoms with van der Waals surface area (Å²) >= 11 is 12.1. The smallest absolute Gasteiger partial charge is 0.325 e. The SMILES string of the molecule is CC(OC(=O)CCN1C(=O)NC2(CCCCC2)C1=O)C(=O)NC(C)c1ccc(Cl)cc1Cl. The summed E-state index contributed by atoms with van der Waals surface area (Å²) in [6.45, 7) is 3.12. The van der Waals surface area contributed by atoms with Crippen LogP contribution in [0.4, 0.5) is 4.79 Å². The van der Waals surface area contributed by atoms with E-state index in [0.717, 1.165) is 24.2 Å². The van der Waals surface area contributed by atoms with Gasteiger partial charge in [0.1, 0.15) is 5.54 Å². The highest BCUT2D eigenvalue weighted by atomic mass is 35.5. The number of ether oxygens (including phenoxy) is 1. The summed E-state index contributed by atoms with van der Waals surface area (Å²) in [5.41, 5.74) is -0.149. The van der Waals surface area contributed by atoms with E-state index in [4.69, 9.17) is 27.9 Å². The lowest BCUT2D eigenvalue weighted by molar-refractivity contribution is -0.155. The number of esters is 1. The Bertz CT molecular complexity index is 917. The number of hydrogen-bond donors (Lipinski definition) is 2. The van der Waals surface area contributed by atoms with Crippen LogP contribution < -0.4 is 10.6 Å². The number of rotatable bonds is 7. The first-order valence-electron chi connectivity index (χ1n) is 10.7. The van der Waals surface area contributed by atoms with E-state index in [9.17, 15) is 19.2 Å². The number of carbonyl (C=O) groups excluding carboxylic acids is 4. The molecule has 174 valence electrons. The van der Waals surface area contributed by atoms with Crippen LogP contribution in [0, 0.1) is 0 Å². The summed E-state index contributed by atoms with van der Waals surface area (Å²) in [6, 6.07) is 4.05. The lowest BCUT2D eigenvalue weighted by Crippen LogP contribution is -2.48. The van der Waals surface area contributed by atoms with Crippen molar-refractivity contribution in [3.8, 4) is 0 Å². The summed E-state index contributed by atoms with van der Waals surface area (Å²) in [5.74, 6) is -1.45. The Labute approximate surface area is 196 Å². The maximum Gasteiger partial charge on any atom is 0.325 e. The van der Waals surface area contributed by atoms with Crippen LogP contribution in [0.25, 0.3) is 0 Å². The quantitative estimate of drug-likeness (QED) is 0.453. The summed E-state index contributed by atoms with van der Waals surface area (Å²) in [7, 11) is 0. The van der Waals surface area contributed by atoms with Crippen molar-refractivity contribution in [2.24, 2.45) is 0 Å². The maximum atomic E-state index is 12.7. The molecule has 8 nitrogen and oxygen atoms in total. The summed E-state index contributed by atoms with van der Waals surface area (Å²) in [5, 5.41) is 6.44. The van der Waals surface area contributed by atoms with Gasteiger partial charge in [-0.3, -0.25) is 19.3 Å². The second-order valence-corrected chi connectivity index (χ2v) is 9.15. The van der Waals surface area contributed by atoms with Crippen molar-refractivity contribution < 1.29 is 23.9 Å². The molecule has 1 heterocycles. The molecule has 4 amide bonds. The van der Waals surface area contributed by atoms with Crippen molar-refractivity contribution >= 4 is 47.0 Å². The van der Waals surface area contributed by atoms with Gasteiger partial charge in [0, 0.05) is 16.6 Å². The zero-order chi connectivity index (χ0) is 23.5. The van der Waals surface area contributed by atoms with Gasteiger partial charge in [-0.25, -0.2) is 4.79 Å². The van der Waals surface area contributed by atoms with Gasteiger partial charge < -0.3 is 15.4 Å². The molecule has 10 heteroatoms. The summed E-state index contributed by atoms with van der Waals surface area (Å²) in [6.07, 6.45) is 2.80. The van der Waals surface area contributed by atoms with Gasteiger partial charge >= 0.3 is 12.0 Å². The molecule has 2 unspecified atom stereocenters. The topological polar surface area (TPSA) is 105 Å². The lowest BCUT2D eigenvalue weighted by Gasteiger charge is -2.30. The summed E-state index contributed by atoms with van der Waals surface area (Å²) < 4.78 is 5.19. The molecule has 1 aromatic carbocycles. The molecule has 3 rings (SSSR count). The summed E-state index contributed by atoms with van der Waals surface area (Å²) in [4.78, 5) is 50.7. The molecule has 2 fully saturated rings. The molecule has 0 aromatic heterocycles. The Morgan fingerprint density at radius 1 is 1.19 bits per heavy atom. The monoisotopic (exact) mass is 483 g/mol. The van der Waals surface area contributed by atoms with E-state index in [2.05, 4.69) is 10.6 Å². The highest BCUT2D eigenvalue weighted by Gasteiger charge is 2.51. The fourth-order valence-corrected chi connectivity index (χ4v) is 4.72. The molecule has 0 bridgehead atoms. The molecule has 0 radical (unpaired) electrons. The van der Waals surface area contributed by atoms with Crippen molar-refractivity contribution in [2.45, 2.75) is 70.1 Å². The number of benzene rings is 1. The van der Waals surface area contributed by atoms with Crippen LogP contribution in [-0.2, 0) is 19.1 Å². The fourth-order valence-electron chi connectivity index (χ4n) is 4.15. The number of carbonyl (C=O) groups is 4. The van der Waals surface area contributed by atoms with Crippen LogP contribution in [0.2, 0.25) is 10.0 Å². The van der Waals surface area contributed by atoms with Crippen LogP contribution in [0.15, 0.2) is 18.2 Å². The molecule has 1 aliphatic heterocycles. The van der Waals surface area contributed by atoms with Gasteiger partial charge in [-0.05, 0) is 44.4 Å². The Morgan fingerprint density at radius 2 is 1.88 bits per heavy atom. The maximum absolute atomic E-state index is 12.7. The molecular formula is C22H27Cl2N3O5. The second kappa shape index (κ2) is 10.1. The second-order valence-electron chi connectivity index (χ2n) is 8.31. The predicted octanol–water partition coefficient (Wildman–Crippen LogP) is 3.75. The normalized spacial score (nSPS) is 19.4. The minimum absolute atomic E-state index is 0.0869. The van der Waals surface area contributed by atoms with Crippen molar-refractivity contribution in [3.05, 3.63) is 33.8 Å². The molecular weight excluding hydrogens is 457 g/mol. The van der Waals surface area contributed by atoms with Gasteiger partial charge in [0.15, 0.2) is 6.10 Å². The Morgan fingerprint density at radius 3 is 2.53 bits per heavy atom. The van der Waals surface area contributed by atoms with Crippen LogP contribution in [0.5, 0.6) is 0 Å². The van der Waals surface area contributed by atoms with Gasteiger partial charge in [0.05, 0.1) is 12.5 Å². The Balaban J connectivity index is 1.48. The van der Waals surface area contributed by atoms with Crippen LogP contribution >= 0.6 is 23.2 Å². The molecule has 1 aromatic rings. The van der Waals surface area contributed by atoms with Gasteiger partial charge in [-0.2, -0.15) is 0 Å². The number of halogens is 2. The zero-order valence-corrected chi connectivity index (χ0v) is 19.6. The first-order chi connectivity index (χ1) is 15.1. The predicted molar refractivity (Wildman–Crippen MR) is 119 cm³/mol. The number of nitrogens with one attached hydrogen (secondary N) is 2. The third-order valence-corrected chi connectivity index (χ3v) is 6.52. The fraction of sp³-hybridized carbons (Fsp3) is 0.545. The molecule has 32 heavy (non-hydrogen) atoms. The Kier molecular flexibility index (Phi) is 7.67. The van der Waals surface area contributed by atoms with Gasteiger partial charge in [-0.15, -0.1) is 0 Å². The van der Waals surface area contributed by atoms with Crippen molar-refractivity contribution in [2.75, 3.05) is 6.54 Å². The number of hydrogen-bond acceptors (Lipinski definition) is 5. The zero-order valence-electron chi connectivity index (χ0n) is 18.1. The van der Waals surface area contributed by atoms with E-state index in [-0.39, 0.29) is 18.9 Å². The van der Waals surface area contributed by atoms with Crippen molar-refractivity contribution in [1.29, 1.82) is 0 Å². The minimum atomic E-state index is -1.05. The largest absolute Gasteiger partial charge is 0.452 e. The molecule has 2 atom stereocenters. The standard InChI is InChI=1S/C22H27Cl2N3O5/c1-13(16-7-6-15(23)12-17(16)24)25-19(29)14(2)32-18(28)8-11-27-20(30)22(26-21(27)31)9-4-3-5-10-22/h6-7,12-14H,3-5,8-11H2,1-2H3,(H,25,29)(H,26,31). The van der Waals surface area contributed by atoms with E-state index in [1.54, 1.807) is 25.1 Å². The lowest BCUT2D eigenvalue weighted by atomic mass is 9.82. The van der Waals surface area contributed by atoms with Crippen molar-refractivity contribution in [3.63, 3.8) is 0 Å². The first kappa shape index (κ1) is 24.3. The number of imide groups is 1. The van der Waals surface area contributed by atoms with Crippen LogP contribution in [0.1, 0.15) is 64.0 Å². The highest BCUT2D eigenvalue weighted by molar-refractivity contribution is 6.35. The number of urea groups is 1. The van der Waals surface area contributed by atoms with E-state index < -0.39 is 35.6 Å². The third kappa shape index (κ3) is 5.35. The molecule has 1 spiro atoms.